The second-order valence-corrected chi connectivity index (χ2v) is 10.2. The highest BCUT2D eigenvalue weighted by molar-refractivity contribution is 8.02. The number of amides is 1. The normalized spacial score (nSPS) is 14.6. The molecule has 144 valence electrons. The number of rotatable bonds is 4. The number of hydrogen-bond acceptors (Lipinski definition) is 5. The average molecular weight is 448 g/mol. The van der Waals surface area contributed by atoms with Gasteiger partial charge in [-0.1, -0.05) is 52.9 Å². The van der Waals surface area contributed by atoms with Crippen molar-refractivity contribution >= 4 is 58.5 Å². The molecule has 0 radical (unpaired) electrons. The first-order valence-corrected chi connectivity index (χ1v) is 11.4. The summed E-state index contributed by atoms with van der Waals surface area (Å²) in [7, 11) is 0. The number of halogens is 1. The molecule has 2 aromatic carbocycles. The molecule has 1 aliphatic heterocycles. The summed E-state index contributed by atoms with van der Waals surface area (Å²) in [5.74, 6) is 0.108. The van der Waals surface area contributed by atoms with E-state index in [9.17, 15) is 4.79 Å². The van der Waals surface area contributed by atoms with Gasteiger partial charge in [-0.2, -0.15) is 0 Å². The Kier molecular flexibility index (Phi) is 5.87. The van der Waals surface area contributed by atoms with Gasteiger partial charge < -0.3 is 4.90 Å². The van der Waals surface area contributed by atoms with Gasteiger partial charge in [0.05, 0.1) is 10.9 Å². The van der Waals surface area contributed by atoms with Crippen molar-refractivity contribution in [2.45, 2.75) is 29.4 Å². The van der Waals surface area contributed by atoms with Crippen LogP contribution >= 0.6 is 46.9 Å². The van der Waals surface area contributed by atoms with Crippen LogP contribution in [0, 0.1) is 3.95 Å². The SMILES string of the molecule is CC(Sc1nn(-c2ccc(Cl)cc2)c(=S)s1)C(=O)N1CCCc2ccccc21. The first-order valence-electron chi connectivity index (χ1n) is 8.95. The first kappa shape index (κ1) is 19.6. The number of aromatic nitrogens is 2. The van der Waals surface area contributed by atoms with E-state index in [1.165, 1.54) is 28.7 Å². The van der Waals surface area contributed by atoms with Crippen LogP contribution in [-0.2, 0) is 11.2 Å². The first-order chi connectivity index (χ1) is 13.5. The maximum Gasteiger partial charge on any atom is 0.240 e. The molecule has 0 spiro atoms. The molecule has 0 N–H and O–H groups in total. The summed E-state index contributed by atoms with van der Waals surface area (Å²) in [6, 6.07) is 15.5. The van der Waals surface area contributed by atoms with E-state index in [4.69, 9.17) is 23.8 Å². The lowest BCUT2D eigenvalue weighted by Crippen LogP contribution is -2.40. The fraction of sp³-hybridized carbons (Fsp3) is 0.250. The van der Waals surface area contributed by atoms with E-state index in [0.29, 0.717) is 8.98 Å². The van der Waals surface area contributed by atoms with Crippen molar-refractivity contribution in [1.29, 1.82) is 0 Å². The van der Waals surface area contributed by atoms with Crippen molar-refractivity contribution in [3.63, 3.8) is 0 Å². The smallest absolute Gasteiger partial charge is 0.240 e. The minimum Gasteiger partial charge on any atom is -0.311 e. The molecule has 0 aliphatic carbocycles. The minimum absolute atomic E-state index is 0.108. The Hall–Kier alpha value is -1.67. The summed E-state index contributed by atoms with van der Waals surface area (Å²) in [5, 5.41) is 5.02. The predicted molar refractivity (Wildman–Crippen MR) is 120 cm³/mol. The van der Waals surface area contributed by atoms with Crippen LogP contribution in [0.15, 0.2) is 52.9 Å². The molecule has 1 aromatic heterocycles. The Morgan fingerprint density at radius 2 is 2.00 bits per heavy atom. The van der Waals surface area contributed by atoms with Gasteiger partial charge in [-0.3, -0.25) is 4.79 Å². The molecule has 4 nitrogen and oxygen atoms in total. The lowest BCUT2D eigenvalue weighted by molar-refractivity contribution is -0.117. The topological polar surface area (TPSA) is 38.1 Å². The van der Waals surface area contributed by atoms with Crippen molar-refractivity contribution in [2.75, 3.05) is 11.4 Å². The fourth-order valence-corrected chi connectivity index (χ4v) is 5.93. The van der Waals surface area contributed by atoms with E-state index in [0.717, 1.165) is 35.1 Å². The molecule has 2 heterocycles. The van der Waals surface area contributed by atoms with Crippen molar-refractivity contribution in [3.8, 4) is 5.69 Å². The van der Waals surface area contributed by atoms with E-state index < -0.39 is 0 Å². The molecule has 28 heavy (non-hydrogen) atoms. The number of hydrogen-bond donors (Lipinski definition) is 0. The predicted octanol–water partition coefficient (Wildman–Crippen LogP) is 5.78. The number of nitrogens with zero attached hydrogens (tertiary/aromatic N) is 3. The highest BCUT2D eigenvalue weighted by atomic mass is 35.5. The van der Waals surface area contributed by atoms with Gasteiger partial charge in [0, 0.05) is 17.3 Å². The molecule has 0 saturated carbocycles. The third-order valence-electron chi connectivity index (χ3n) is 4.60. The molecular weight excluding hydrogens is 430 g/mol. The second kappa shape index (κ2) is 8.37. The summed E-state index contributed by atoms with van der Waals surface area (Å²) in [6.07, 6.45) is 2.01. The molecule has 1 aliphatic rings. The molecule has 3 aromatic rings. The third kappa shape index (κ3) is 4.03. The van der Waals surface area contributed by atoms with E-state index in [1.54, 1.807) is 4.68 Å². The van der Waals surface area contributed by atoms with E-state index in [-0.39, 0.29) is 11.2 Å². The van der Waals surface area contributed by atoms with Crippen molar-refractivity contribution in [3.05, 3.63) is 63.1 Å². The Labute approximate surface area is 182 Å². The van der Waals surface area contributed by atoms with Gasteiger partial charge in [-0.25, -0.2) is 4.68 Å². The monoisotopic (exact) mass is 447 g/mol. The Morgan fingerprint density at radius 1 is 1.25 bits per heavy atom. The van der Waals surface area contributed by atoms with Gasteiger partial charge in [0.25, 0.3) is 0 Å². The molecular formula is C20H18ClN3OS3. The number of thioether (sulfide) groups is 1. The van der Waals surface area contributed by atoms with Crippen LogP contribution < -0.4 is 4.90 Å². The van der Waals surface area contributed by atoms with Gasteiger partial charge in [0.2, 0.25) is 5.91 Å². The number of anilines is 1. The number of carbonyl (C=O) groups is 1. The summed E-state index contributed by atoms with van der Waals surface area (Å²) in [5.41, 5.74) is 3.13. The molecule has 4 rings (SSSR count). The van der Waals surface area contributed by atoms with Gasteiger partial charge in [-0.05, 0) is 67.9 Å². The van der Waals surface area contributed by atoms with Crippen LogP contribution in [0.25, 0.3) is 5.69 Å². The zero-order chi connectivity index (χ0) is 19.7. The average Bonchev–Trinajstić information content (AvgIpc) is 3.07. The van der Waals surface area contributed by atoms with Crippen LogP contribution in [0.4, 0.5) is 5.69 Å². The molecule has 0 saturated heterocycles. The quantitative estimate of drug-likeness (QED) is 0.375. The van der Waals surface area contributed by atoms with Crippen molar-refractivity contribution in [2.24, 2.45) is 0 Å². The minimum atomic E-state index is -0.245. The number of aryl methyl sites for hydroxylation is 1. The van der Waals surface area contributed by atoms with Crippen LogP contribution in [-0.4, -0.2) is 27.5 Å². The van der Waals surface area contributed by atoms with Gasteiger partial charge in [-0.15, -0.1) is 5.10 Å². The Balaban J connectivity index is 1.52. The summed E-state index contributed by atoms with van der Waals surface area (Å²) in [6.45, 7) is 2.69. The molecule has 8 heteroatoms. The van der Waals surface area contributed by atoms with Crippen LogP contribution in [0.2, 0.25) is 5.02 Å². The van der Waals surface area contributed by atoms with Crippen LogP contribution in [0.3, 0.4) is 0 Å². The van der Waals surface area contributed by atoms with Crippen molar-refractivity contribution in [1.82, 2.24) is 9.78 Å². The molecule has 1 atom stereocenters. The maximum atomic E-state index is 13.1. The zero-order valence-corrected chi connectivity index (χ0v) is 18.4. The lowest BCUT2D eigenvalue weighted by atomic mass is 10.0. The van der Waals surface area contributed by atoms with Gasteiger partial charge in [0.15, 0.2) is 8.29 Å². The van der Waals surface area contributed by atoms with E-state index in [2.05, 4.69) is 11.2 Å². The van der Waals surface area contributed by atoms with Crippen LogP contribution in [0.1, 0.15) is 18.9 Å². The highest BCUT2D eigenvalue weighted by Gasteiger charge is 2.27. The van der Waals surface area contributed by atoms with Crippen molar-refractivity contribution < 1.29 is 4.79 Å². The second-order valence-electron chi connectivity index (χ2n) is 6.50. The van der Waals surface area contributed by atoms with Gasteiger partial charge >= 0.3 is 0 Å². The standard InChI is InChI=1S/C20H18ClN3OS3/c1-13(18(25)23-12-4-6-14-5-2-3-7-17(14)23)27-19-22-24(20(26)28-19)16-10-8-15(21)9-11-16/h2-3,5,7-11,13H,4,6,12H2,1H3. The summed E-state index contributed by atoms with van der Waals surface area (Å²) < 4.78 is 3.14. The lowest BCUT2D eigenvalue weighted by Gasteiger charge is -2.31. The fourth-order valence-electron chi connectivity index (χ4n) is 3.24. The summed E-state index contributed by atoms with van der Waals surface area (Å²) in [4.78, 5) is 15.0. The summed E-state index contributed by atoms with van der Waals surface area (Å²) >= 11 is 14.3. The van der Waals surface area contributed by atoms with E-state index >= 15 is 0 Å². The number of benzene rings is 2. The van der Waals surface area contributed by atoms with Gasteiger partial charge in [0.1, 0.15) is 0 Å². The molecule has 1 amide bonds. The Morgan fingerprint density at radius 3 is 2.79 bits per heavy atom. The third-order valence-corrected chi connectivity index (χ3v) is 7.26. The Bertz CT molecular complexity index is 1060. The zero-order valence-electron chi connectivity index (χ0n) is 15.2. The maximum absolute atomic E-state index is 13.1. The number of fused-ring (bicyclic) bond motifs is 1. The largest absolute Gasteiger partial charge is 0.311 e. The number of carbonyl (C=O) groups excluding carboxylic acids is 1. The molecule has 0 bridgehead atoms. The molecule has 0 fully saturated rings. The number of para-hydroxylation sites is 1. The van der Waals surface area contributed by atoms with Crippen LogP contribution in [0.5, 0.6) is 0 Å². The van der Waals surface area contributed by atoms with E-state index in [1.807, 2.05) is 54.3 Å². The highest BCUT2D eigenvalue weighted by Crippen LogP contribution is 2.32. The molecule has 1 unspecified atom stereocenters.